The van der Waals surface area contributed by atoms with Gasteiger partial charge in [-0.25, -0.2) is 4.98 Å². The summed E-state index contributed by atoms with van der Waals surface area (Å²) in [5.74, 6) is 3.83. The van der Waals surface area contributed by atoms with Gasteiger partial charge in [0.05, 0.1) is 14.2 Å². The van der Waals surface area contributed by atoms with Gasteiger partial charge < -0.3 is 24.6 Å². The summed E-state index contributed by atoms with van der Waals surface area (Å²) in [5, 5.41) is 10.2. The highest BCUT2D eigenvalue weighted by Crippen LogP contribution is 2.27. The lowest BCUT2D eigenvalue weighted by molar-refractivity contribution is 0.354. The highest BCUT2D eigenvalue weighted by Gasteiger charge is 2.07. The molecule has 0 aliphatic carbocycles. The molecule has 0 saturated heterocycles. The number of benzene rings is 1. The van der Waals surface area contributed by atoms with Gasteiger partial charge in [0, 0.05) is 24.4 Å². The van der Waals surface area contributed by atoms with Crippen molar-refractivity contribution in [2.24, 2.45) is 0 Å². The van der Waals surface area contributed by atoms with E-state index in [1.807, 2.05) is 38.1 Å². The molecule has 2 heterocycles. The van der Waals surface area contributed by atoms with Crippen molar-refractivity contribution in [1.82, 2.24) is 15.1 Å². The van der Waals surface area contributed by atoms with Crippen LogP contribution >= 0.6 is 0 Å². The summed E-state index contributed by atoms with van der Waals surface area (Å²) in [4.78, 5) is 8.82. The molecule has 136 valence electrons. The highest BCUT2D eigenvalue weighted by molar-refractivity contribution is 5.51. The fourth-order valence-electron chi connectivity index (χ4n) is 2.44. The molecule has 26 heavy (non-hydrogen) atoms. The number of hydrogen-bond acceptors (Lipinski definition) is 8. The van der Waals surface area contributed by atoms with Crippen molar-refractivity contribution in [3.05, 3.63) is 47.3 Å². The third-order valence-electron chi connectivity index (χ3n) is 3.64. The Bertz CT molecular complexity index is 894. The monoisotopic (exact) mass is 355 g/mol. The molecule has 8 nitrogen and oxygen atoms in total. The Kier molecular flexibility index (Phi) is 5.21. The van der Waals surface area contributed by atoms with Gasteiger partial charge in [0.15, 0.2) is 17.3 Å². The van der Waals surface area contributed by atoms with E-state index in [-0.39, 0.29) is 0 Å². The van der Waals surface area contributed by atoms with Gasteiger partial charge in [0.25, 0.3) is 0 Å². The second-order valence-corrected chi connectivity index (χ2v) is 5.71. The average Bonchev–Trinajstić information content (AvgIpc) is 3.04. The van der Waals surface area contributed by atoms with Crippen molar-refractivity contribution < 1.29 is 14.0 Å². The van der Waals surface area contributed by atoms with E-state index in [0.29, 0.717) is 41.4 Å². The van der Waals surface area contributed by atoms with Crippen LogP contribution in [-0.4, -0.2) is 29.3 Å². The fourth-order valence-corrected chi connectivity index (χ4v) is 2.44. The standard InChI is InChI=1S/C18H21N5O3/c1-11-7-16(21-18(20-11)22-17-8-12(2)26-23-17)19-10-13-5-6-14(24-3)15(9-13)25-4/h5-9H,10H2,1-4H3,(H2,19,20,21,22,23). The number of aryl methyl sites for hydroxylation is 2. The third-order valence-corrected chi connectivity index (χ3v) is 3.64. The quantitative estimate of drug-likeness (QED) is 0.665. The smallest absolute Gasteiger partial charge is 0.230 e. The summed E-state index contributed by atoms with van der Waals surface area (Å²) in [6.45, 7) is 4.31. The van der Waals surface area contributed by atoms with E-state index in [2.05, 4.69) is 25.8 Å². The van der Waals surface area contributed by atoms with Crippen molar-refractivity contribution in [2.75, 3.05) is 24.9 Å². The lowest BCUT2D eigenvalue weighted by Crippen LogP contribution is -2.06. The number of rotatable bonds is 7. The van der Waals surface area contributed by atoms with Crippen molar-refractivity contribution in [2.45, 2.75) is 20.4 Å². The largest absolute Gasteiger partial charge is 0.493 e. The molecule has 2 aromatic heterocycles. The van der Waals surface area contributed by atoms with Crippen LogP contribution in [0.5, 0.6) is 11.5 Å². The van der Waals surface area contributed by atoms with E-state index in [4.69, 9.17) is 14.0 Å². The molecule has 0 aliphatic heterocycles. The predicted octanol–water partition coefficient (Wildman–Crippen LogP) is 3.45. The zero-order valence-corrected chi connectivity index (χ0v) is 15.2. The maximum Gasteiger partial charge on any atom is 0.230 e. The minimum Gasteiger partial charge on any atom is -0.493 e. The number of aromatic nitrogens is 3. The van der Waals surface area contributed by atoms with Crippen molar-refractivity contribution in [3.8, 4) is 11.5 Å². The molecule has 0 unspecified atom stereocenters. The summed E-state index contributed by atoms with van der Waals surface area (Å²) in [5.41, 5.74) is 1.87. The zero-order chi connectivity index (χ0) is 18.5. The van der Waals surface area contributed by atoms with Crippen LogP contribution in [0.1, 0.15) is 17.0 Å². The van der Waals surface area contributed by atoms with E-state index in [9.17, 15) is 0 Å². The van der Waals surface area contributed by atoms with E-state index < -0.39 is 0 Å². The topological polar surface area (TPSA) is 94.3 Å². The lowest BCUT2D eigenvalue weighted by atomic mass is 10.2. The summed E-state index contributed by atoms with van der Waals surface area (Å²) < 4.78 is 15.6. The van der Waals surface area contributed by atoms with Crippen molar-refractivity contribution >= 4 is 17.6 Å². The Labute approximate surface area is 151 Å². The van der Waals surface area contributed by atoms with Crippen LogP contribution in [0.4, 0.5) is 17.6 Å². The second kappa shape index (κ2) is 7.73. The molecule has 2 N–H and O–H groups in total. The van der Waals surface area contributed by atoms with Crippen LogP contribution in [-0.2, 0) is 6.54 Å². The number of nitrogens with zero attached hydrogens (tertiary/aromatic N) is 3. The summed E-state index contributed by atoms with van der Waals surface area (Å²) in [6, 6.07) is 9.43. The maximum absolute atomic E-state index is 5.33. The van der Waals surface area contributed by atoms with Crippen LogP contribution in [0.2, 0.25) is 0 Å². The molecule has 3 rings (SSSR count). The number of methoxy groups -OCH3 is 2. The van der Waals surface area contributed by atoms with Crippen LogP contribution in [0.25, 0.3) is 0 Å². The van der Waals surface area contributed by atoms with Crippen LogP contribution in [0.3, 0.4) is 0 Å². The van der Waals surface area contributed by atoms with E-state index >= 15 is 0 Å². The molecule has 0 radical (unpaired) electrons. The van der Waals surface area contributed by atoms with E-state index in [1.54, 1.807) is 20.3 Å². The normalized spacial score (nSPS) is 10.5. The van der Waals surface area contributed by atoms with Gasteiger partial charge in [-0.2, -0.15) is 4.98 Å². The van der Waals surface area contributed by atoms with E-state index in [1.165, 1.54) is 0 Å². The molecule has 1 aromatic carbocycles. The minimum atomic E-state index is 0.452. The summed E-state index contributed by atoms with van der Waals surface area (Å²) >= 11 is 0. The maximum atomic E-state index is 5.33. The van der Waals surface area contributed by atoms with Crippen molar-refractivity contribution in [1.29, 1.82) is 0 Å². The molecule has 0 atom stereocenters. The first-order valence-corrected chi connectivity index (χ1v) is 8.08. The molecule has 0 bridgehead atoms. The van der Waals surface area contributed by atoms with Crippen LogP contribution in [0, 0.1) is 13.8 Å². The van der Waals surface area contributed by atoms with Crippen molar-refractivity contribution in [3.63, 3.8) is 0 Å². The van der Waals surface area contributed by atoms with Gasteiger partial charge in [-0.05, 0) is 31.5 Å². The Hall–Kier alpha value is -3.29. The van der Waals surface area contributed by atoms with Gasteiger partial charge >= 0.3 is 0 Å². The van der Waals surface area contributed by atoms with E-state index in [0.717, 1.165) is 11.3 Å². The molecule has 0 fully saturated rings. The second-order valence-electron chi connectivity index (χ2n) is 5.71. The molecule has 8 heteroatoms. The first-order chi connectivity index (χ1) is 12.6. The zero-order valence-electron chi connectivity index (χ0n) is 15.2. The molecule has 0 spiro atoms. The van der Waals surface area contributed by atoms with Crippen LogP contribution < -0.4 is 20.1 Å². The first kappa shape index (κ1) is 17.5. The number of hydrogen-bond donors (Lipinski definition) is 2. The Balaban J connectivity index is 1.71. The highest BCUT2D eigenvalue weighted by atomic mass is 16.5. The molecule has 0 aliphatic rings. The third kappa shape index (κ3) is 4.21. The molecular weight excluding hydrogens is 334 g/mol. The van der Waals surface area contributed by atoms with Gasteiger partial charge in [-0.15, -0.1) is 0 Å². The molecule has 0 saturated carbocycles. The molecular formula is C18H21N5O3. The molecule has 3 aromatic rings. The average molecular weight is 355 g/mol. The number of anilines is 3. The Morgan fingerprint density at radius 2 is 1.77 bits per heavy atom. The van der Waals surface area contributed by atoms with Gasteiger partial charge in [0.1, 0.15) is 11.6 Å². The summed E-state index contributed by atoms with van der Waals surface area (Å²) in [7, 11) is 3.23. The first-order valence-electron chi connectivity index (χ1n) is 8.08. The SMILES string of the molecule is COc1ccc(CNc2cc(C)nc(Nc3cc(C)on3)n2)cc1OC. The number of ether oxygens (including phenoxy) is 2. The molecule has 0 amide bonds. The van der Waals surface area contributed by atoms with Gasteiger partial charge in [-0.1, -0.05) is 11.2 Å². The van der Waals surface area contributed by atoms with Gasteiger partial charge in [0.2, 0.25) is 5.95 Å². The summed E-state index contributed by atoms with van der Waals surface area (Å²) in [6.07, 6.45) is 0. The Morgan fingerprint density at radius 3 is 2.46 bits per heavy atom. The fraction of sp³-hybridized carbons (Fsp3) is 0.278. The number of nitrogens with one attached hydrogen (secondary N) is 2. The predicted molar refractivity (Wildman–Crippen MR) is 98.2 cm³/mol. The Morgan fingerprint density at radius 1 is 0.962 bits per heavy atom. The lowest BCUT2D eigenvalue weighted by Gasteiger charge is -2.11. The van der Waals surface area contributed by atoms with Gasteiger partial charge in [-0.3, -0.25) is 0 Å². The van der Waals surface area contributed by atoms with Crippen LogP contribution in [0.15, 0.2) is 34.9 Å². The minimum absolute atomic E-state index is 0.452.